The van der Waals surface area contributed by atoms with E-state index in [1.165, 1.54) is 36.7 Å². The van der Waals surface area contributed by atoms with Crippen LogP contribution in [-0.4, -0.2) is 35.5 Å². The van der Waals surface area contributed by atoms with E-state index in [4.69, 9.17) is 4.74 Å². The van der Waals surface area contributed by atoms with Crippen LogP contribution in [-0.2, 0) is 9.53 Å². The normalized spacial score (nSPS) is 17.0. The lowest BCUT2D eigenvalue weighted by atomic mass is 9.98. The van der Waals surface area contributed by atoms with Crippen LogP contribution in [0.15, 0.2) is 36.7 Å². The summed E-state index contributed by atoms with van der Waals surface area (Å²) in [5.41, 5.74) is 6.30. The number of nitrogens with one attached hydrogen (secondary N) is 2. The molecule has 1 amide bonds. The van der Waals surface area contributed by atoms with Gasteiger partial charge in [-0.1, -0.05) is 0 Å². The first kappa shape index (κ1) is 19.9. The fraction of sp³-hybridized carbons (Fsp3) is 0.389. The molecule has 10 heteroatoms. The quantitative estimate of drug-likeness (QED) is 0.729. The number of amides is 1. The summed E-state index contributed by atoms with van der Waals surface area (Å²) in [5, 5.41) is 0. The Morgan fingerprint density at radius 3 is 2.61 bits per heavy atom. The van der Waals surface area contributed by atoms with Crippen molar-refractivity contribution < 1.29 is 27.4 Å². The van der Waals surface area contributed by atoms with Gasteiger partial charge in [0.25, 0.3) is 0 Å². The second kappa shape index (κ2) is 8.87. The molecule has 28 heavy (non-hydrogen) atoms. The lowest BCUT2D eigenvalue weighted by Gasteiger charge is -2.21. The third-order valence-corrected chi connectivity index (χ3v) is 4.09. The monoisotopic (exact) mass is 396 g/mol. The second-order valence-electron chi connectivity index (χ2n) is 6.32. The highest BCUT2D eigenvalue weighted by Crippen LogP contribution is 2.25. The first-order chi connectivity index (χ1) is 13.4. The summed E-state index contributed by atoms with van der Waals surface area (Å²) in [4.78, 5) is 20.3. The van der Waals surface area contributed by atoms with Crippen molar-refractivity contribution in [1.82, 2.24) is 15.4 Å². The molecule has 1 fully saturated rings. The number of ether oxygens (including phenoxy) is 2. The van der Waals surface area contributed by atoms with Gasteiger partial charge in [0.1, 0.15) is 5.75 Å². The van der Waals surface area contributed by atoms with Gasteiger partial charge in [-0.25, -0.2) is 4.98 Å². The molecule has 1 aliphatic heterocycles. The number of hydrogen-bond donors (Lipinski definition) is 2. The SMILES string of the molecule is O=C(CC1CCCOC1)NNc1cnc(-c2ccc(OC(F)(F)F)cc2)cn1. The number of aromatic nitrogens is 2. The molecule has 0 aliphatic carbocycles. The highest BCUT2D eigenvalue weighted by molar-refractivity contribution is 5.77. The van der Waals surface area contributed by atoms with Gasteiger partial charge in [-0.3, -0.25) is 20.6 Å². The van der Waals surface area contributed by atoms with Crippen molar-refractivity contribution in [1.29, 1.82) is 0 Å². The minimum Gasteiger partial charge on any atom is -0.406 e. The molecular weight excluding hydrogens is 377 g/mol. The minimum absolute atomic E-state index is 0.165. The van der Waals surface area contributed by atoms with E-state index in [0.29, 0.717) is 30.1 Å². The number of carbonyl (C=O) groups is 1. The Hall–Kier alpha value is -2.88. The molecule has 1 aliphatic rings. The third kappa shape index (κ3) is 6.08. The number of rotatable bonds is 6. The van der Waals surface area contributed by atoms with E-state index in [1.807, 2.05) is 0 Å². The Labute approximate surface area is 159 Å². The van der Waals surface area contributed by atoms with E-state index in [9.17, 15) is 18.0 Å². The summed E-state index contributed by atoms with van der Waals surface area (Å²) >= 11 is 0. The first-order valence-electron chi connectivity index (χ1n) is 8.70. The summed E-state index contributed by atoms with van der Waals surface area (Å²) in [6.07, 6.45) is 0.423. The van der Waals surface area contributed by atoms with Crippen LogP contribution >= 0.6 is 0 Å². The van der Waals surface area contributed by atoms with Crippen LogP contribution in [0.2, 0.25) is 0 Å². The molecule has 1 unspecified atom stereocenters. The molecule has 0 spiro atoms. The van der Waals surface area contributed by atoms with Crippen molar-refractivity contribution in [2.75, 3.05) is 18.6 Å². The smallest absolute Gasteiger partial charge is 0.406 e. The first-order valence-corrected chi connectivity index (χ1v) is 8.70. The lowest BCUT2D eigenvalue weighted by Crippen LogP contribution is -2.33. The van der Waals surface area contributed by atoms with Gasteiger partial charge in [0.05, 0.1) is 18.1 Å². The fourth-order valence-corrected chi connectivity index (χ4v) is 2.78. The highest BCUT2D eigenvalue weighted by atomic mass is 19.4. The minimum atomic E-state index is -4.73. The van der Waals surface area contributed by atoms with Crippen LogP contribution in [0.4, 0.5) is 19.0 Å². The van der Waals surface area contributed by atoms with E-state index < -0.39 is 6.36 Å². The van der Waals surface area contributed by atoms with Crippen LogP contribution in [0.25, 0.3) is 11.3 Å². The molecule has 2 heterocycles. The maximum atomic E-state index is 12.2. The largest absolute Gasteiger partial charge is 0.573 e. The fourth-order valence-electron chi connectivity index (χ4n) is 2.78. The van der Waals surface area contributed by atoms with E-state index >= 15 is 0 Å². The lowest BCUT2D eigenvalue weighted by molar-refractivity contribution is -0.274. The van der Waals surface area contributed by atoms with Crippen molar-refractivity contribution in [3.05, 3.63) is 36.7 Å². The zero-order valence-corrected chi connectivity index (χ0v) is 14.8. The van der Waals surface area contributed by atoms with Crippen LogP contribution in [0, 0.1) is 5.92 Å². The Kier molecular flexibility index (Phi) is 6.30. The predicted octanol–water partition coefficient (Wildman–Crippen LogP) is 3.30. The number of halogens is 3. The highest BCUT2D eigenvalue weighted by Gasteiger charge is 2.31. The van der Waals surface area contributed by atoms with Crippen LogP contribution in [0.3, 0.4) is 0 Å². The van der Waals surface area contributed by atoms with Gasteiger partial charge in [-0.2, -0.15) is 0 Å². The Morgan fingerprint density at radius 1 is 1.21 bits per heavy atom. The topological polar surface area (TPSA) is 85.4 Å². The molecule has 0 bridgehead atoms. The number of benzene rings is 1. The molecule has 1 saturated heterocycles. The number of alkyl halides is 3. The summed E-state index contributed by atoms with van der Waals surface area (Å²) < 4.78 is 45.7. The van der Waals surface area contributed by atoms with Crippen molar-refractivity contribution in [2.24, 2.45) is 5.92 Å². The average molecular weight is 396 g/mol. The van der Waals surface area contributed by atoms with Crippen LogP contribution in [0.5, 0.6) is 5.75 Å². The van der Waals surface area contributed by atoms with Gasteiger partial charge in [0, 0.05) is 25.2 Å². The molecule has 0 saturated carbocycles. The molecule has 3 rings (SSSR count). The van der Waals surface area contributed by atoms with Gasteiger partial charge in [0.15, 0.2) is 5.82 Å². The van der Waals surface area contributed by atoms with Gasteiger partial charge >= 0.3 is 6.36 Å². The number of carbonyl (C=O) groups excluding carboxylic acids is 1. The van der Waals surface area contributed by atoms with Gasteiger partial charge in [-0.15, -0.1) is 13.2 Å². The third-order valence-electron chi connectivity index (χ3n) is 4.09. The zero-order chi connectivity index (χ0) is 20.0. The maximum Gasteiger partial charge on any atom is 0.573 e. The maximum absolute atomic E-state index is 12.2. The molecule has 1 atom stereocenters. The van der Waals surface area contributed by atoms with E-state index in [-0.39, 0.29) is 17.6 Å². The van der Waals surface area contributed by atoms with E-state index in [2.05, 4.69) is 25.6 Å². The molecular formula is C18H19F3N4O3. The average Bonchev–Trinajstić information content (AvgIpc) is 2.67. The summed E-state index contributed by atoms with van der Waals surface area (Å²) in [6, 6.07) is 5.30. The second-order valence-corrected chi connectivity index (χ2v) is 6.32. The predicted molar refractivity (Wildman–Crippen MR) is 94.1 cm³/mol. The number of anilines is 1. The molecule has 1 aromatic carbocycles. The van der Waals surface area contributed by atoms with Gasteiger partial charge in [0.2, 0.25) is 5.91 Å². The molecule has 0 radical (unpaired) electrons. The van der Waals surface area contributed by atoms with Crippen molar-refractivity contribution >= 4 is 11.7 Å². The molecule has 150 valence electrons. The number of hydrazine groups is 1. The van der Waals surface area contributed by atoms with Crippen molar-refractivity contribution in [3.63, 3.8) is 0 Å². The van der Waals surface area contributed by atoms with Crippen molar-refractivity contribution in [3.8, 4) is 17.0 Å². The van der Waals surface area contributed by atoms with Gasteiger partial charge in [-0.05, 0) is 43.0 Å². The Bertz CT molecular complexity index is 776. The molecule has 1 aromatic heterocycles. The summed E-state index contributed by atoms with van der Waals surface area (Å²) in [5.74, 6) is 0.0810. The molecule has 7 nitrogen and oxygen atoms in total. The number of nitrogens with zero attached hydrogens (tertiary/aromatic N) is 2. The van der Waals surface area contributed by atoms with Gasteiger partial charge < -0.3 is 9.47 Å². The van der Waals surface area contributed by atoms with Crippen molar-refractivity contribution in [2.45, 2.75) is 25.6 Å². The summed E-state index contributed by atoms with van der Waals surface area (Å²) in [6.45, 7) is 1.34. The Morgan fingerprint density at radius 2 is 2.00 bits per heavy atom. The number of hydrogen-bond acceptors (Lipinski definition) is 6. The summed E-state index contributed by atoms with van der Waals surface area (Å²) in [7, 11) is 0. The Balaban J connectivity index is 1.51. The van der Waals surface area contributed by atoms with Crippen LogP contribution in [0.1, 0.15) is 19.3 Å². The standard InChI is InChI=1S/C18H19F3N4O3/c19-18(20,21)28-14-5-3-13(4-6-14)15-9-23-16(10-22-15)24-25-17(26)8-12-2-1-7-27-11-12/h3-6,9-10,12H,1-2,7-8,11H2,(H,23,24)(H,25,26). The van der Waals surface area contributed by atoms with Crippen LogP contribution < -0.4 is 15.6 Å². The van der Waals surface area contributed by atoms with E-state index in [1.54, 1.807) is 0 Å². The molecule has 2 aromatic rings. The molecule has 2 N–H and O–H groups in total. The zero-order valence-electron chi connectivity index (χ0n) is 14.8. The van der Waals surface area contributed by atoms with E-state index in [0.717, 1.165) is 19.4 Å².